The van der Waals surface area contributed by atoms with Gasteiger partial charge >= 0.3 is 5.97 Å². The summed E-state index contributed by atoms with van der Waals surface area (Å²) in [7, 11) is 0. The molecule has 2 aliphatic rings. The second kappa shape index (κ2) is 17.1. The molecular formula is C38H37ClN6O4S2. The van der Waals surface area contributed by atoms with E-state index < -0.39 is 12.0 Å². The lowest BCUT2D eigenvalue weighted by molar-refractivity contribution is -0.148. The topological polar surface area (TPSA) is 122 Å². The lowest BCUT2D eigenvalue weighted by Crippen LogP contribution is -2.42. The highest BCUT2D eigenvalue weighted by Gasteiger charge is 2.28. The SMILES string of the molecule is [C-]#[N+]c1c(N2CCCC2)nc(SCc2csc(-c3ccc(Cl)cc3)n2)c(C#N)c1-c1ccc(OCCOC(=O)[C@H](C)NC(=O)C2CCCC2)cc1. The molecule has 51 heavy (non-hydrogen) atoms. The van der Waals surface area contributed by atoms with Gasteiger partial charge in [0.25, 0.3) is 0 Å². The number of anilines is 1. The summed E-state index contributed by atoms with van der Waals surface area (Å²) < 4.78 is 11.2. The van der Waals surface area contributed by atoms with Crippen LogP contribution in [0, 0.1) is 23.8 Å². The van der Waals surface area contributed by atoms with Crippen LogP contribution in [-0.2, 0) is 20.1 Å². The van der Waals surface area contributed by atoms with Crippen LogP contribution in [0.1, 0.15) is 56.7 Å². The van der Waals surface area contributed by atoms with Crippen molar-refractivity contribution in [2.24, 2.45) is 5.92 Å². The van der Waals surface area contributed by atoms with E-state index in [1.54, 1.807) is 30.4 Å². The quantitative estimate of drug-likeness (QED) is 0.0623. The number of thiazole rings is 1. The lowest BCUT2D eigenvalue weighted by Gasteiger charge is -2.22. The summed E-state index contributed by atoms with van der Waals surface area (Å²) in [5, 5.41) is 17.3. The van der Waals surface area contributed by atoms with E-state index in [0.717, 1.165) is 67.9 Å². The molecule has 0 radical (unpaired) electrons. The Bertz CT molecular complexity index is 1940. The molecule has 10 nitrogen and oxygen atoms in total. The van der Waals surface area contributed by atoms with Crippen molar-refractivity contribution in [3.8, 4) is 33.5 Å². The predicted octanol–water partition coefficient (Wildman–Crippen LogP) is 8.46. The number of ether oxygens (including phenoxy) is 2. The third kappa shape index (κ3) is 8.82. The molecule has 1 aliphatic carbocycles. The van der Waals surface area contributed by atoms with Gasteiger partial charge in [-0.15, -0.1) is 11.3 Å². The van der Waals surface area contributed by atoms with Crippen molar-refractivity contribution in [3.63, 3.8) is 0 Å². The Morgan fingerprint density at radius 1 is 1.08 bits per heavy atom. The lowest BCUT2D eigenvalue weighted by atomic mass is 9.99. The van der Waals surface area contributed by atoms with Crippen LogP contribution in [0.15, 0.2) is 58.9 Å². The van der Waals surface area contributed by atoms with E-state index in [1.165, 1.54) is 11.8 Å². The molecule has 6 rings (SSSR count). The number of nitrogens with zero attached hydrogens (tertiary/aromatic N) is 5. The van der Waals surface area contributed by atoms with Crippen LogP contribution in [0.4, 0.5) is 11.5 Å². The second-order valence-corrected chi connectivity index (χ2v) is 14.7. The van der Waals surface area contributed by atoms with Gasteiger partial charge in [0.1, 0.15) is 46.9 Å². The third-order valence-electron chi connectivity index (χ3n) is 8.93. The molecule has 2 aromatic carbocycles. The number of benzene rings is 2. The molecule has 1 N–H and O–H groups in total. The summed E-state index contributed by atoms with van der Waals surface area (Å²) >= 11 is 9.05. The Kier molecular flexibility index (Phi) is 12.1. The maximum absolute atomic E-state index is 12.4. The van der Waals surface area contributed by atoms with Crippen molar-refractivity contribution < 1.29 is 19.1 Å². The number of halogens is 1. The number of nitriles is 1. The summed E-state index contributed by atoms with van der Waals surface area (Å²) in [5.74, 6) is 1.02. The zero-order valence-corrected chi connectivity index (χ0v) is 30.6. The summed E-state index contributed by atoms with van der Waals surface area (Å²) in [4.78, 5) is 40.5. The van der Waals surface area contributed by atoms with Gasteiger partial charge < -0.3 is 19.7 Å². The molecule has 2 aromatic heterocycles. The molecule has 262 valence electrons. The van der Waals surface area contributed by atoms with Crippen LogP contribution in [0.25, 0.3) is 26.5 Å². The summed E-state index contributed by atoms with van der Waals surface area (Å²) in [6.45, 7) is 11.5. The van der Waals surface area contributed by atoms with Crippen LogP contribution < -0.4 is 15.0 Å². The van der Waals surface area contributed by atoms with E-state index in [2.05, 4.69) is 21.1 Å². The van der Waals surface area contributed by atoms with Crippen LogP contribution in [0.5, 0.6) is 5.75 Å². The number of pyridine rings is 1. The standard InChI is InChI=1S/C38H37ClN6O4S2/c1-24(42-35(46)26-7-3-4-8-26)38(47)49-20-19-48-30-15-11-25(12-16-30)32-31(21-40)37(44-34(33(32)41-2)45-17-5-6-18-45)51-23-29-22-50-36(43-29)27-9-13-28(39)14-10-27/h9-16,22,24,26H,3-8,17-20,23H2,1H3,(H,42,46)/t24-/m0/s1. The minimum Gasteiger partial charge on any atom is -0.490 e. The Hall–Kier alpha value is -4.62. The number of rotatable bonds is 13. The first-order valence-electron chi connectivity index (χ1n) is 17.0. The minimum absolute atomic E-state index is 0.0228. The number of nitrogens with one attached hydrogen (secondary N) is 1. The van der Waals surface area contributed by atoms with Crippen molar-refractivity contribution >= 4 is 58.1 Å². The molecule has 0 spiro atoms. The van der Waals surface area contributed by atoms with Crippen molar-refractivity contribution in [1.29, 1.82) is 5.26 Å². The fourth-order valence-electron chi connectivity index (χ4n) is 6.25. The molecule has 1 atom stereocenters. The molecule has 1 saturated heterocycles. The number of hydrogen-bond acceptors (Lipinski definition) is 10. The Morgan fingerprint density at radius 2 is 1.78 bits per heavy atom. The predicted molar refractivity (Wildman–Crippen MR) is 200 cm³/mol. The first-order valence-corrected chi connectivity index (χ1v) is 19.2. The first-order chi connectivity index (χ1) is 24.8. The Labute approximate surface area is 311 Å². The van der Waals surface area contributed by atoms with E-state index in [1.807, 2.05) is 41.8 Å². The Morgan fingerprint density at radius 3 is 2.47 bits per heavy atom. The molecule has 2 fully saturated rings. The number of hydrogen-bond donors (Lipinski definition) is 1. The molecule has 0 unspecified atom stereocenters. The number of thioether (sulfide) groups is 1. The summed E-state index contributed by atoms with van der Waals surface area (Å²) in [5.41, 5.74) is 3.80. The van der Waals surface area contributed by atoms with Gasteiger partial charge in [-0.25, -0.2) is 19.6 Å². The highest BCUT2D eigenvalue weighted by atomic mass is 35.5. The third-order valence-corrected chi connectivity index (χ3v) is 11.1. The maximum atomic E-state index is 12.4. The molecule has 13 heteroatoms. The van der Waals surface area contributed by atoms with Gasteiger partial charge in [0.2, 0.25) is 11.6 Å². The molecule has 4 aromatic rings. The van der Waals surface area contributed by atoms with Gasteiger partial charge in [0, 0.05) is 46.3 Å². The van der Waals surface area contributed by atoms with Gasteiger partial charge in [0.05, 0.1) is 17.8 Å². The summed E-state index contributed by atoms with van der Waals surface area (Å²) in [6.07, 6.45) is 5.83. The smallest absolute Gasteiger partial charge is 0.328 e. The monoisotopic (exact) mass is 740 g/mol. The van der Waals surface area contributed by atoms with Crippen molar-refractivity contribution in [3.05, 3.63) is 81.6 Å². The Balaban J connectivity index is 1.15. The highest BCUT2D eigenvalue weighted by Crippen LogP contribution is 2.45. The van der Waals surface area contributed by atoms with Gasteiger partial charge in [0.15, 0.2) is 0 Å². The minimum atomic E-state index is -0.731. The summed E-state index contributed by atoms with van der Waals surface area (Å²) in [6, 6.07) is 16.4. The maximum Gasteiger partial charge on any atom is 0.328 e. The van der Waals surface area contributed by atoms with E-state index >= 15 is 0 Å². The van der Waals surface area contributed by atoms with E-state index in [-0.39, 0.29) is 25.0 Å². The molecule has 1 saturated carbocycles. The molecular weight excluding hydrogens is 704 g/mol. The van der Waals surface area contributed by atoms with Crippen LogP contribution >= 0.6 is 34.7 Å². The second-order valence-electron chi connectivity index (χ2n) is 12.4. The van der Waals surface area contributed by atoms with E-state index in [0.29, 0.717) is 49.7 Å². The van der Waals surface area contributed by atoms with Crippen LogP contribution in [0.2, 0.25) is 5.02 Å². The van der Waals surface area contributed by atoms with Gasteiger partial charge in [-0.1, -0.05) is 60.5 Å². The zero-order valence-electron chi connectivity index (χ0n) is 28.2. The van der Waals surface area contributed by atoms with Crippen LogP contribution in [-0.4, -0.2) is 54.2 Å². The fourth-order valence-corrected chi connectivity index (χ4v) is 8.18. The van der Waals surface area contributed by atoms with Gasteiger partial charge in [-0.2, -0.15) is 5.26 Å². The van der Waals surface area contributed by atoms with Gasteiger partial charge in [-0.05, 0) is 62.4 Å². The normalized spacial score (nSPS) is 14.9. The highest BCUT2D eigenvalue weighted by molar-refractivity contribution is 7.98. The average Bonchev–Trinajstić information content (AvgIpc) is 3.97. The number of esters is 1. The molecule has 3 heterocycles. The van der Waals surface area contributed by atoms with Crippen LogP contribution in [0.3, 0.4) is 0 Å². The van der Waals surface area contributed by atoms with E-state index in [4.69, 9.17) is 37.6 Å². The van der Waals surface area contributed by atoms with Gasteiger partial charge in [-0.3, -0.25) is 4.79 Å². The fraction of sp³-hybridized carbons (Fsp3) is 0.368. The first kappa shape index (κ1) is 36.2. The van der Waals surface area contributed by atoms with Crippen molar-refractivity contribution in [1.82, 2.24) is 15.3 Å². The average molecular weight is 741 g/mol. The zero-order chi connectivity index (χ0) is 35.7. The number of amides is 1. The number of carbonyl (C=O) groups is 2. The molecule has 1 amide bonds. The number of aromatic nitrogens is 2. The molecule has 0 bridgehead atoms. The van der Waals surface area contributed by atoms with E-state index in [9.17, 15) is 14.9 Å². The number of carbonyl (C=O) groups excluding carboxylic acids is 2. The largest absolute Gasteiger partial charge is 0.490 e. The van der Waals surface area contributed by atoms with Crippen molar-refractivity contribution in [2.75, 3.05) is 31.2 Å². The van der Waals surface area contributed by atoms with Crippen molar-refractivity contribution in [2.45, 2.75) is 62.3 Å². The molecule has 1 aliphatic heterocycles.